The number of aromatic nitrogens is 3. The molecule has 0 N–H and O–H groups in total. The Hall–Kier alpha value is -1.42. The molecule has 1 atom stereocenters. The summed E-state index contributed by atoms with van der Waals surface area (Å²) in [5, 5.41) is 8.21. The van der Waals surface area contributed by atoms with Gasteiger partial charge in [0.2, 0.25) is 0 Å². The van der Waals surface area contributed by atoms with E-state index in [1.807, 2.05) is 7.05 Å². The summed E-state index contributed by atoms with van der Waals surface area (Å²) in [6.07, 6.45) is 11.7. The summed E-state index contributed by atoms with van der Waals surface area (Å²) in [5.41, 5.74) is 3.00. The molecule has 126 valence electrons. The zero-order valence-corrected chi connectivity index (χ0v) is 14.7. The first-order valence-electron chi connectivity index (χ1n) is 9.00. The van der Waals surface area contributed by atoms with Crippen LogP contribution in [0.5, 0.6) is 0 Å². The molecule has 1 saturated heterocycles. The third kappa shape index (κ3) is 4.31. The summed E-state index contributed by atoms with van der Waals surface area (Å²) < 4.78 is 2.05. The molecule has 0 saturated carbocycles. The Labute approximate surface area is 140 Å². The lowest BCUT2D eigenvalue weighted by molar-refractivity contribution is 0.192. The third-order valence-corrected chi connectivity index (χ3v) is 5.61. The van der Waals surface area contributed by atoms with Crippen LogP contribution < -0.4 is 0 Å². The van der Waals surface area contributed by atoms with Crippen LogP contribution in [0.15, 0.2) is 30.1 Å². The Morgan fingerprint density at radius 2 is 2.09 bits per heavy atom. The Kier molecular flexibility index (Phi) is 5.31. The fourth-order valence-corrected chi connectivity index (χ4v) is 3.87. The number of nitrogens with zero attached hydrogens (tertiary/aromatic N) is 4. The van der Waals surface area contributed by atoms with Crippen LogP contribution in [-0.2, 0) is 13.5 Å². The van der Waals surface area contributed by atoms with Crippen LogP contribution in [0.1, 0.15) is 44.9 Å². The van der Waals surface area contributed by atoms with Gasteiger partial charge in [-0.2, -0.15) is 0 Å². The highest BCUT2D eigenvalue weighted by atomic mass is 15.2. The van der Waals surface area contributed by atoms with Crippen molar-refractivity contribution in [3.8, 4) is 0 Å². The summed E-state index contributed by atoms with van der Waals surface area (Å²) in [7, 11) is 2.04. The minimum absolute atomic E-state index is 0.718. The van der Waals surface area contributed by atoms with Gasteiger partial charge in [0.05, 0.1) is 0 Å². The number of allylic oxidation sites excluding steroid dienone is 2. The number of likely N-dealkylation sites (tertiary alicyclic amines) is 1. The van der Waals surface area contributed by atoms with Crippen LogP contribution in [0.4, 0.5) is 0 Å². The molecule has 1 aromatic rings. The van der Waals surface area contributed by atoms with Crippen LogP contribution in [0, 0.1) is 11.8 Å². The average molecular weight is 314 g/mol. The van der Waals surface area contributed by atoms with Gasteiger partial charge in [-0.1, -0.05) is 23.8 Å². The topological polar surface area (TPSA) is 34.0 Å². The molecule has 0 radical (unpaired) electrons. The largest absolute Gasteiger partial charge is 0.321 e. The Morgan fingerprint density at radius 1 is 1.30 bits per heavy atom. The van der Waals surface area contributed by atoms with Crippen molar-refractivity contribution in [2.75, 3.05) is 19.6 Å². The van der Waals surface area contributed by atoms with Gasteiger partial charge in [-0.05, 0) is 64.0 Å². The highest BCUT2D eigenvalue weighted by Crippen LogP contribution is 2.29. The zero-order valence-electron chi connectivity index (χ0n) is 14.7. The predicted molar refractivity (Wildman–Crippen MR) is 94.1 cm³/mol. The van der Waals surface area contributed by atoms with Crippen molar-refractivity contribution < 1.29 is 0 Å². The fourth-order valence-electron chi connectivity index (χ4n) is 3.87. The van der Waals surface area contributed by atoms with Crippen LogP contribution >= 0.6 is 0 Å². The van der Waals surface area contributed by atoms with Crippen LogP contribution in [0.2, 0.25) is 0 Å². The van der Waals surface area contributed by atoms with Gasteiger partial charge in [0.25, 0.3) is 0 Å². The molecule has 4 heteroatoms. The van der Waals surface area contributed by atoms with E-state index >= 15 is 0 Å². The Morgan fingerprint density at radius 3 is 2.65 bits per heavy atom. The quantitative estimate of drug-likeness (QED) is 0.781. The van der Waals surface area contributed by atoms with Gasteiger partial charge in [-0.3, -0.25) is 4.90 Å². The molecule has 2 aliphatic rings. The monoisotopic (exact) mass is 314 g/mol. The van der Waals surface area contributed by atoms with Crippen molar-refractivity contribution in [1.29, 1.82) is 0 Å². The van der Waals surface area contributed by atoms with E-state index in [1.165, 1.54) is 57.3 Å². The third-order valence-electron chi connectivity index (χ3n) is 5.61. The lowest BCUT2D eigenvalue weighted by Gasteiger charge is -2.33. The molecule has 4 nitrogen and oxygen atoms in total. The van der Waals surface area contributed by atoms with Crippen molar-refractivity contribution in [1.82, 2.24) is 19.7 Å². The summed E-state index contributed by atoms with van der Waals surface area (Å²) in [5.74, 6) is 2.61. The second-order valence-corrected chi connectivity index (χ2v) is 7.46. The van der Waals surface area contributed by atoms with E-state index in [-0.39, 0.29) is 0 Å². The molecular weight excluding hydrogens is 284 g/mol. The molecule has 0 unspecified atom stereocenters. The fraction of sp³-hybridized carbons (Fsp3) is 0.684. The van der Waals surface area contributed by atoms with E-state index in [2.05, 4.69) is 39.2 Å². The lowest BCUT2D eigenvalue weighted by Crippen LogP contribution is -2.36. The molecular formula is C19H30N4. The predicted octanol–water partition coefficient (Wildman–Crippen LogP) is 3.37. The molecule has 0 amide bonds. The van der Waals surface area contributed by atoms with E-state index in [1.54, 1.807) is 11.9 Å². The van der Waals surface area contributed by atoms with Gasteiger partial charge in [0.1, 0.15) is 12.2 Å². The maximum absolute atomic E-state index is 4.23. The van der Waals surface area contributed by atoms with Crippen LogP contribution in [0.3, 0.4) is 0 Å². The summed E-state index contributed by atoms with van der Waals surface area (Å²) >= 11 is 0. The average Bonchev–Trinajstić information content (AvgIpc) is 2.95. The maximum Gasteiger partial charge on any atom is 0.132 e. The normalized spacial score (nSPS) is 23.7. The van der Waals surface area contributed by atoms with Crippen molar-refractivity contribution in [3.63, 3.8) is 0 Å². The highest BCUT2D eigenvalue weighted by Gasteiger charge is 2.22. The molecule has 0 aromatic carbocycles. The van der Waals surface area contributed by atoms with E-state index < -0.39 is 0 Å². The molecule has 1 fully saturated rings. The van der Waals surface area contributed by atoms with Crippen molar-refractivity contribution >= 4 is 0 Å². The summed E-state index contributed by atoms with van der Waals surface area (Å²) in [4.78, 5) is 2.64. The molecule has 23 heavy (non-hydrogen) atoms. The number of hydrogen-bond acceptors (Lipinski definition) is 3. The molecule has 2 heterocycles. The first-order chi connectivity index (χ1) is 11.1. The van der Waals surface area contributed by atoms with Crippen molar-refractivity contribution in [2.45, 2.75) is 45.4 Å². The molecule has 3 rings (SSSR count). The molecule has 1 aliphatic heterocycles. The number of aryl methyl sites for hydroxylation is 1. The first-order valence-corrected chi connectivity index (χ1v) is 9.00. The first kappa shape index (κ1) is 16.4. The van der Waals surface area contributed by atoms with E-state index in [0.717, 1.165) is 24.1 Å². The summed E-state index contributed by atoms with van der Waals surface area (Å²) in [6, 6.07) is 0. The lowest BCUT2D eigenvalue weighted by atomic mass is 9.85. The molecule has 0 bridgehead atoms. The Balaban J connectivity index is 1.43. The molecule has 1 aromatic heterocycles. The van der Waals surface area contributed by atoms with Crippen LogP contribution in [0.25, 0.3) is 0 Å². The van der Waals surface area contributed by atoms with Gasteiger partial charge in [-0.15, -0.1) is 10.2 Å². The number of hydrogen-bond donors (Lipinski definition) is 0. The standard InChI is InChI=1S/C19H30N4/c1-15(2)18-6-4-17(5-7-18)13-23-10-8-16(9-11-23)12-19-21-20-14-22(19)3/h4,14,16,18H,1,5-13H2,2-3H3/t18-/m1/s1. The summed E-state index contributed by atoms with van der Waals surface area (Å²) in [6.45, 7) is 9.92. The number of rotatable bonds is 5. The molecule has 1 aliphatic carbocycles. The van der Waals surface area contributed by atoms with Gasteiger partial charge in [0.15, 0.2) is 0 Å². The highest BCUT2D eigenvalue weighted by molar-refractivity contribution is 5.13. The van der Waals surface area contributed by atoms with Crippen molar-refractivity contribution in [2.24, 2.45) is 18.9 Å². The van der Waals surface area contributed by atoms with Gasteiger partial charge in [-0.25, -0.2) is 0 Å². The van der Waals surface area contributed by atoms with Gasteiger partial charge in [0, 0.05) is 20.0 Å². The van der Waals surface area contributed by atoms with E-state index in [0.29, 0.717) is 0 Å². The SMILES string of the molecule is C=C(C)[C@@H]1CC=C(CN2CCC(Cc3nncn3C)CC2)CC1. The zero-order chi connectivity index (χ0) is 16.2. The smallest absolute Gasteiger partial charge is 0.132 e. The Bertz CT molecular complexity index is 564. The van der Waals surface area contributed by atoms with E-state index in [4.69, 9.17) is 0 Å². The minimum atomic E-state index is 0.718. The van der Waals surface area contributed by atoms with Crippen molar-refractivity contribution in [3.05, 3.63) is 36.0 Å². The van der Waals surface area contributed by atoms with Gasteiger partial charge >= 0.3 is 0 Å². The number of piperidine rings is 1. The maximum atomic E-state index is 4.23. The second kappa shape index (κ2) is 7.43. The molecule has 0 spiro atoms. The van der Waals surface area contributed by atoms with Crippen LogP contribution in [-0.4, -0.2) is 39.3 Å². The van der Waals surface area contributed by atoms with Gasteiger partial charge < -0.3 is 4.57 Å². The minimum Gasteiger partial charge on any atom is -0.321 e. The second-order valence-electron chi connectivity index (χ2n) is 7.46. The van der Waals surface area contributed by atoms with E-state index in [9.17, 15) is 0 Å².